The summed E-state index contributed by atoms with van der Waals surface area (Å²) in [6, 6.07) is 4.45. The summed E-state index contributed by atoms with van der Waals surface area (Å²) in [4.78, 5) is 8.18. The summed E-state index contributed by atoms with van der Waals surface area (Å²) < 4.78 is 15.5. The van der Waals surface area contributed by atoms with Gasteiger partial charge >= 0.3 is 0 Å². The quantitative estimate of drug-likeness (QED) is 0.756. The standard InChI is InChI=1S/C13H12ClFN8/c1-7-20-21-22-23(7)8-3-4-10(15)11(5-8)18-13-17-6-9(14)12(16-2)19-13/h3-6H,1-2H3,(H2,16,17,18,19). The Balaban J connectivity index is 1.95. The number of nitrogens with zero attached hydrogens (tertiary/aromatic N) is 6. The first-order chi connectivity index (χ1) is 11.1. The highest BCUT2D eigenvalue weighted by Gasteiger charge is 2.11. The van der Waals surface area contributed by atoms with Gasteiger partial charge in [0.2, 0.25) is 5.95 Å². The first-order valence-corrected chi connectivity index (χ1v) is 6.98. The fraction of sp³-hybridized carbons (Fsp3) is 0.154. The third-order valence-electron chi connectivity index (χ3n) is 3.05. The van der Waals surface area contributed by atoms with Gasteiger partial charge in [-0.25, -0.2) is 9.37 Å². The monoisotopic (exact) mass is 334 g/mol. The van der Waals surface area contributed by atoms with Gasteiger partial charge in [0, 0.05) is 7.05 Å². The second-order valence-corrected chi connectivity index (χ2v) is 4.97. The second kappa shape index (κ2) is 6.13. The Morgan fingerprint density at radius 1 is 1.30 bits per heavy atom. The van der Waals surface area contributed by atoms with Crippen molar-refractivity contribution in [2.24, 2.45) is 0 Å². The number of hydrogen-bond acceptors (Lipinski definition) is 7. The SMILES string of the molecule is CNc1nc(Nc2cc(-n3nnnc3C)ccc2F)ncc1Cl. The molecular weight excluding hydrogens is 323 g/mol. The summed E-state index contributed by atoms with van der Waals surface area (Å²) in [7, 11) is 1.68. The average Bonchev–Trinajstić information content (AvgIpc) is 2.97. The highest BCUT2D eigenvalue weighted by atomic mass is 35.5. The first-order valence-electron chi connectivity index (χ1n) is 6.60. The van der Waals surface area contributed by atoms with Crippen LogP contribution in [0.3, 0.4) is 0 Å². The molecule has 2 aromatic heterocycles. The lowest BCUT2D eigenvalue weighted by Gasteiger charge is -2.10. The van der Waals surface area contributed by atoms with Crippen molar-refractivity contribution in [3.05, 3.63) is 41.1 Å². The van der Waals surface area contributed by atoms with E-state index in [4.69, 9.17) is 11.6 Å². The van der Waals surface area contributed by atoms with Gasteiger partial charge < -0.3 is 10.6 Å². The van der Waals surface area contributed by atoms with E-state index in [2.05, 4.69) is 36.1 Å². The van der Waals surface area contributed by atoms with E-state index in [1.807, 2.05) is 0 Å². The van der Waals surface area contributed by atoms with Gasteiger partial charge in [0.15, 0.2) is 5.82 Å². The zero-order chi connectivity index (χ0) is 16.4. The van der Waals surface area contributed by atoms with Gasteiger partial charge in [0.25, 0.3) is 0 Å². The molecule has 0 amide bonds. The maximum Gasteiger partial charge on any atom is 0.229 e. The number of aromatic nitrogens is 6. The zero-order valence-corrected chi connectivity index (χ0v) is 13.0. The molecule has 23 heavy (non-hydrogen) atoms. The summed E-state index contributed by atoms with van der Waals surface area (Å²) in [6.45, 7) is 1.75. The Morgan fingerprint density at radius 3 is 2.83 bits per heavy atom. The van der Waals surface area contributed by atoms with E-state index >= 15 is 0 Å². The van der Waals surface area contributed by atoms with Crippen molar-refractivity contribution in [1.82, 2.24) is 30.2 Å². The molecule has 8 nitrogen and oxygen atoms in total. The lowest BCUT2D eigenvalue weighted by Crippen LogP contribution is -2.04. The lowest BCUT2D eigenvalue weighted by molar-refractivity contribution is 0.630. The molecule has 3 aromatic rings. The molecule has 3 rings (SSSR count). The van der Waals surface area contributed by atoms with Crippen molar-refractivity contribution >= 4 is 29.1 Å². The molecule has 0 bridgehead atoms. The van der Waals surface area contributed by atoms with E-state index in [1.165, 1.54) is 16.9 Å². The third-order valence-corrected chi connectivity index (χ3v) is 3.32. The highest BCUT2D eigenvalue weighted by Crippen LogP contribution is 2.24. The molecule has 0 radical (unpaired) electrons. The van der Waals surface area contributed by atoms with Crippen LogP contribution in [0, 0.1) is 12.7 Å². The van der Waals surface area contributed by atoms with Crippen LogP contribution in [0.2, 0.25) is 5.02 Å². The van der Waals surface area contributed by atoms with Crippen LogP contribution in [0.1, 0.15) is 5.82 Å². The summed E-state index contributed by atoms with van der Waals surface area (Å²) in [5.41, 5.74) is 0.806. The summed E-state index contributed by atoms with van der Waals surface area (Å²) in [5, 5.41) is 17.2. The van der Waals surface area contributed by atoms with Crippen molar-refractivity contribution in [2.75, 3.05) is 17.7 Å². The fourth-order valence-electron chi connectivity index (χ4n) is 1.93. The van der Waals surface area contributed by atoms with Gasteiger partial charge in [0.1, 0.15) is 16.7 Å². The Morgan fingerprint density at radius 2 is 2.13 bits per heavy atom. The van der Waals surface area contributed by atoms with E-state index in [1.54, 1.807) is 26.1 Å². The van der Waals surface area contributed by atoms with Gasteiger partial charge in [-0.05, 0) is 35.5 Å². The van der Waals surface area contributed by atoms with Crippen LogP contribution >= 0.6 is 11.6 Å². The molecule has 0 aliphatic carbocycles. The number of nitrogens with one attached hydrogen (secondary N) is 2. The molecule has 2 heterocycles. The van der Waals surface area contributed by atoms with Gasteiger partial charge in [-0.3, -0.25) is 0 Å². The summed E-state index contributed by atoms with van der Waals surface area (Å²) >= 11 is 5.93. The van der Waals surface area contributed by atoms with Crippen molar-refractivity contribution < 1.29 is 4.39 Å². The van der Waals surface area contributed by atoms with Crippen LogP contribution in [0.15, 0.2) is 24.4 Å². The molecule has 1 aromatic carbocycles. The number of hydrogen-bond donors (Lipinski definition) is 2. The van der Waals surface area contributed by atoms with Crippen molar-refractivity contribution in [3.63, 3.8) is 0 Å². The molecular formula is C13H12ClFN8. The molecule has 0 aliphatic rings. The smallest absolute Gasteiger partial charge is 0.229 e. The minimum atomic E-state index is -0.455. The topological polar surface area (TPSA) is 93.4 Å². The van der Waals surface area contributed by atoms with E-state index in [0.717, 1.165) is 0 Å². The molecule has 0 spiro atoms. The van der Waals surface area contributed by atoms with Crippen LogP contribution in [-0.2, 0) is 0 Å². The van der Waals surface area contributed by atoms with E-state index in [-0.39, 0.29) is 11.6 Å². The predicted octanol–water partition coefficient (Wildman–Crippen LogP) is 2.34. The number of aryl methyl sites for hydroxylation is 1. The average molecular weight is 335 g/mol. The normalized spacial score (nSPS) is 10.6. The maximum absolute atomic E-state index is 14.0. The van der Waals surface area contributed by atoms with Crippen molar-refractivity contribution in [3.8, 4) is 5.69 Å². The van der Waals surface area contributed by atoms with Gasteiger partial charge in [-0.15, -0.1) is 5.10 Å². The van der Waals surface area contributed by atoms with E-state index < -0.39 is 5.82 Å². The molecule has 10 heteroatoms. The molecule has 0 saturated carbocycles. The number of rotatable bonds is 4. The number of benzene rings is 1. The molecule has 0 fully saturated rings. The minimum absolute atomic E-state index is 0.196. The fourth-order valence-corrected chi connectivity index (χ4v) is 2.12. The highest BCUT2D eigenvalue weighted by molar-refractivity contribution is 6.32. The molecule has 0 saturated heterocycles. The number of anilines is 3. The van der Waals surface area contributed by atoms with Crippen molar-refractivity contribution in [2.45, 2.75) is 6.92 Å². The van der Waals surface area contributed by atoms with Gasteiger partial charge in [-0.2, -0.15) is 9.67 Å². The Labute approximate surface area is 135 Å². The molecule has 0 unspecified atom stereocenters. The first kappa shape index (κ1) is 15.1. The lowest BCUT2D eigenvalue weighted by atomic mass is 10.2. The summed E-state index contributed by atoms with van der Waals surface area (Å²) in [5.74, 6) is 0.784. The largest absolute Gasteiger partial charge is 0.372 e. The Kier molecular flexibility index (Phi) is 4.02. The van der Waals surface area contributed by atoms with Crippen molar-refractivity contribution in [1.29, 1.82) is 0 Å². The van der Waals surface area contributed by atoms with Gasteiger partial charge in [-0.1, -0.05) is 11.6 Å². The van der Waals surface area contributed by atoms with Crippen LogP contribution < -0.4 is 10.6 Å². The number of tetrazole rings is 1. The zero-order valence-electron chi connectivity index (χ0n) is 12.2. The number of halogens is 2. The third kappa shape index (κ3) is 3.04. The van der Waals surface area contributed by atoms with E-state index in [0.29, 0.717) is 22.4 Å². The molecule has 0 atom stereocenters. The molecule has 118 valence electrons. The maximum atomic E-state index is 14.0. The van der Waals surface area contributed by atoms with Crippen LogP contribution in [0.4, 0.5) is 21.8 Å². The van der Waals surface area contributed by atoms with E-state index in [9.17, 15) is 4.39 Å². The second-order valence-electron chi connectivity index (χ2n) is 4.57. The van der Waals surface area contributed by atoms with Gasteiger partial charge in [0.05, 0.1) is 17.6 Å². The molecule has 0 aliphatic heterocycles. The predicted molar refractivity (Wildman–Crippen MR) is 83.7 cm³/mol. The van der Waals surface area contributed by atoms with Crippen LogP contribution in [-0.4, -0.2) is 37.2 Å². The Bertz CT molecular complexity index is 850. The summed E-state index contributed by atoms with van der Waals surface area (Å²) in [6.07, 6.45) is 1.43. The van der Waals surface area contributed by atoms with Crippen LogP contribution in [0.5, 0.6) is 0 Å². The Hall–Kier alpha value is -2.81. The minimum Gasteiger partial charge on any atom is -0.372 e. The molecule has 2 N–H and O–H groups in total. The van der Waals surface area contributed by atoms with Crippen LogP contribution in [0.25, 0.3) is 5.69 Å².